The van der Waals surface area contributed by atoms with Crippen molar-refractivity contribution in [2.45, 2.75) is 38.6 Å². The minimum absolute atomic E-state index is 0.164. The van der Waals surface area contributed by atoms with Crippen LogP contribution in [0.3, 0.4) is 0 Å². The number of hydrogen-bond acceptors (Lipinski definition) is 4. The lowest BCUT2D eigenvalue weighted by Gasteiger charge is -2.12. The molecule has 1 saturated carbocycles. The third kappa shape index (κ3) is 2.29. The number of nitrogens with one attached hydrogen (secondary N) is 1. The van der Waals surface area contributed by atoms with Gasteiger partial charge in [0.15, 0.2) is 0 Å². The number of carboxylic acids is 1. The topological polar surface area (TPSA) is 75.1 Å². The van der Waals surface area contributed by atoms with Gasteiger partial charge in [-0.3, -0.25) is 0 Å². The first kappa shape index (κ1) is 10.9. The highest BCUT2D eigenvalue weighted by Gasteiger charge is 2.16. The molecule has 0 aliphatic heterocycles. The van der Waals surface area contributed by atoms with Gasteiger partial charge in [-0.2, -0.15) is 0 Å². The number of aromatic carboxylic acids is 1. The lowest BCUT2D eigenvalue weighted by atomic mass is 10.2. The summed E-state index contributed by atoms with van der Waals surface area (Å²) in [7, 11) is 0. The molecule has 1 aromatic rings. The second-order valence-electron chi connectivity index (χ2n) is 4.12. The van der Waals surface area contributed by atoms with E-state index in [1.807, 2.05) is 0 Å². The van der Waals surface area contributed by atoms with Crippen LogP contribution in [-0.2, 0) is 0 Å². The molecule has 5 heteroatoms. The fourth-order valence-electron chi connectivity index (χ4n) is 2.00. The van der Waals surface area contributed by atoms with Crippen LogP contribution in [0.25, 0.3) is 0 Å². The number of aromatic nitrogens is 2. The number of aryl methyl sites for hydroxylation is 1. The molecule has 0 spiro atoms. The van der Waals surface area contributed by atoms with Crippen molar-refractivity contribution < 1.29 is 9.90 Å². The summed E-state index contributed by atoms with van der Waals surface area (Å²) in [5.74, 6) is -0.445. The molecule has 0 atom stereocenters. The summed E-state index contributed by atoms with van der Waals surface area (Å²) in [6.07, 6.45) is 6.13. The summed E-state index contributed by atoms with van der Waals surface area (Å²) < 4.78 is 0. The van der Waals surface area contributed by atoms with Crippen molar-refractivity contribution in [3.8, 4) is 0 Å². The van der Waals surface area contributed by atoms with Crippen molar-refractivity contribution in [1.82, 2.24) is 9.97 Å². The third-order valence-electron chi connectivity index (χ3n) is 2.90. The van der Waals surface area contributed by atoms with E-state index in [0.717, 1.165) is 12.8 Å². The van der Waals surface area contributed by atoms with Crippen LogP contribution in [0.1, 0.15) is 41.7 Å². The predicted octanol–water partition coefficient (Wildman–Crippen LogP) is 1.84. The molecule has 16 heavy (non-hydrogen) atoms. The highest BCUT2D eigenvalue weighted by molar-refractivity contribution is 5.88. The van der Waals surface area contributed by atoms with E-state index >= 15 is 0 Å². The molecule has 86 valence electrons. The average molecular weight is 221 g/mol. The van der Waals surface area contributed by atoms with Crippen molar-refractivity contribution >= 4 is 11.9 Å². The van der Waals surface area contributed by atoms with Crippen molar-refractivity contribution in [1.29, 1.82) is 0 Å². The molecule has 0 amide bonds. The quantitative estimate of drug-likeness (QED) is 0.814. The summed E-state index contributed by atoms with van der Waals surface area (Å²) >= 11 is 0. The zero-order chi connectivity index (χ0) is 11.5. The number of nitrogens with zero attached hydrogens (tertiary/aromatic N) is 2. The van der Waals surface area contributed by atoms with Gasteiger partial charge < -0.3 is 10.4 Å². The van der Waals surface area contributed by atoms with Crippen LogP contribution < -0.4 is 5.32 Å². The average Bonchev–Trinajstić information content (AvgIpc) is 2.70. The summed E-state index contributed by atoms with van der Waals surface area (Å²) in [6.45, 7) is 1.69. The van der Waals surface area contributed by atoms with Crippen molar-refractivity contribution in [3.63, 3.8) is 0 Å². The summed E-state index contributed by atoms with van der Waals surface area (Å²) in [4.78, 5) is 19.0. The molecule has 1 aromatic heterocycles. The predicted molar refractivity (Wildman–Crippen MR) is 59.6 cm³/mol. The molecule has 0 aromatic carbocycles. The van der Waals surface area contributed by atoms with Crippen LogP contribution in [0.4, 0.5) is 5.95 Å². The van der Waals surface area contributed by atoms with Gasteiger partial charge in [-0.15, -0.1) is 0 Å². The maximum absolute atomic E-state index is 10.8. The Morgan fingerprint density at radius 2 is 2.19 bits per heavy atom. The van der Waals surface area contributed by atoms with E-state index in [4.69, 9.17) is 5.11 Å². The van der Waals surface area contributed by atoms with E-state index in [2.05, 4.69) is 15.3 Å². The van der Waals surface area contributed by atoms with Crippen LogP contribution in [0.2, 0.25) is 0 Å². The Labute approximate surface area is 93.9 Å². The second kappa shape index (κ2) is 4.47. The fraction of sp³-hybridized carbons (Fsp3) is 0.545. The van der Waals surface area contributed by atoms with Gasteiger partial charge in [0.05, 0.1) is 11.3 Å². The first-order valence-corrected chi connectivity index (χ1v) is 5.50. The number of hydrogen-bond donors (Lipinski definition) is 2. The Kier molecular flexibility index (Phi) is 3.03. The molecule has 2 N–H and O–H groups in total. The van der Waals surface area contributed by atoms with Gasteiger partial charge in [0, 0.05) is 12.2 Å². The van der Waals surface area contributed by atoms with Crippen LogP contribution in [-0.4, -0.2) is 27.1 Å². The maximum atomic E-state index is 10.8. The second-order valence-corrected chi connectivity index (χ2v) is 4.12. The van der Waals surface area contributed by atoms with Gasteiger partial charge in [-0.05, 0) is 19.8 Å². The van der Waals surface area contributed by atoms with Crippen LogP contribution >= 0.6 is 0 Å². The number of carbonyl (C=O) groups is 1. The lowest BCUT2D eigenvalue weighted by Crippen LogP contribution is -2.17. The molecule has 1 aliphatic rings. The van der Waals surface area contributed by atoms with E-state index < -0.39 is 5.97 Å². The molecular formula is C11H15N3O2. The van der Waals surface area contributed by atoms with Gasteiger partial charge in [-0.25, -0.2) is 14.8 Å². The van der Waals surface area contributed by atoms with Crippen LogP contribution in [0, 0.1) is 6.92 Å². The molecule has 0 radical (unpaired) electrons. The molecule has 0 bridgehead atoms. The normalized spacial score (nSPS) is 16.3. The molecule has 0 saturated heterocycles. The van der Waals surface area contributed by atoms with Crippen LogP contribution in [0.15, 0.2) is 6.20 Å². The molecule has 0 unspecified atom stereocenters. The highest BCUT2D eigenvalue weighted by Crippen LogP contribution is 2.20. The first-order valence-electron chi connectivity index (χ1n) is 5.50. The number of rotatable bonds is 3. The van der Waals surface area contributed by atoms with E-state index in [1.54, 1.807) is 6.92 Å². The third-order valence-corrected chi connectivity index (χ3v) is 2.90. The molecule has 5 nitrogen and oxygen atoms in total. The number of carboxylic acid groups (broad SMARTS) is 1. The van der Waals surface area contributed by atoms with Crippen molar-refractivity contribution in [2.75, 3.05) is 5.32 Å². The fourth-order valence-corrected chi connectivity index (χ4v) is 2.00. The van der Waals surface area contributed by atoms with Crippen molar-refractivity contribution in [3.05, 3.63) is 17.5 Å². The van der Waals surface area contributed by atoms with Crippen LogP contribution in [0.5, 0.6) is 0 Å². The smallest absolute Gasteiger partial charge is 0.339 e. The van der Waals surface area contributed by atoms with E-state index in [0.29, 0.717) is 17.7 Å². The molecule has 1 fully saturated rings. The Balaban J connectivity index is 2.11. The Hall–Kier alpha value is -1.65. The summed E-state index contributed by atoms with van der Waals surface area (Å²) in [5, 5.41) is 12.1. The monoisotopic (exact) mass is 221 g/mol. The molecule has 1 heterocycles. The largest absolute Gasteiger partial charge is 0.478 e. The van der Waals surface area contributed by atoms with Gasteiger partial charge in [-0.1, -0.05) is 12.8 Å². The standard InChI is InChI=1S/C11H15N3O2/c1-7-9(10(15)16)6-12-11(13-7)14-8-4-2-3-5-8/h6,8H,2-5H2,1H3,(H,15,16)(H,12,13,14). The maximum Gasteiger partial charge on any atom is 0.339 e. The first-order chi connectivity index (χ1) is 7.66. The van der Waals surface area contributed by atoms with Crippen molar-refractivity contribution in [2.24, 2.45) is 0 Å². The SMILES string of the molecule is Cc1nc(NC2CCCC2)ncc1C(=O)O. The van der Waals surface area contributed by atoms with Gasteiger partial charge in [0.25, 0.3) is 0 Å². The van der Waals surface area contributed by atoms with Gasteiger partial charge in [0.1, 0.15) is 0 Å². The molecule has 2 rings (SSSR count). The minimum atomic E-state index is -0.982. The summed E-state index contributed by atoms with van der Waals surface area (Å²) in [5.41, 5.74) is 0.667. The Morgan fingerprint density at radius 1 is 1.50 bits per heavy atom. The minimum Gasteiger partial charge on any atom is -0.478 e. The molecule has 1 aliphatic carbocycles. The highest BCUT2D eigenvalue weighted by atomic mass is 16.4. The van der Waals surface area contributed by atoms with E-state index in [-0.39, 0.29) is 5.56 Å². The zero-order valence-electron chi connectivity index (χ0n) is 9.23. The Morgan fingerprint density at radius 3 is 2.75 bits per heavy atom. The number of anilines is 1. The van der Waals surface area contributed by atoms with Gasteiger partial charge >= 0.3 is 5.97 Å². The van der Waals surface area contributed by atoms with E-state index in [1.165, 1.54) is 19.0 Å². The zero-order valence-corrected chi connectivity index (χ0v) is 9.23. The summed E-state index contributed by atoms with van der Waals surface area (Å²) in [6, 6.07) is 0.440. The Bertz CT molecular complexity index is 400. The van der Waals surface area contributed by atoms with Gasteiger partial charge in [0.2, 0.25) is 5.95 Å². The van der Waals surface area contributed by atoms with E-state index in [9.17, 15) is 4.79 Å². The lowest BCUT2D eigenvalue weighted by molar-refractivity contribution is 0.0695. The molecular weight excluding hydrogens is 206 g/mol.